The Bertz CT molecular complexity index is 1240. The molecule has 1 aromatic carbocycles. The molecule has 0 fully saturated rings. The summed E-state index contributed by atoms with van der Waals surface area (Å²) in [6.07, 6.45) is 4.79. The highest BCUT2D eigenvalue weighted by Crippen LogP contribution is 2.24. The summed E-state index contributed by atoms with van der Waals surface area (Å²) < 4.78 is 15.6. The van der Waals surface area contributed by atoms with Crippen molar-refractivity contribution in [3.63, 3.8) is 0 Å². The molecule has 8 nitrogen and oxygen atoms in total. The van der Waals surface area contributed by atoms with E-state index in [-0.39, 0.29) is 23.2 Å². The second-order valence-electron chi connectivity index (χ2n) is 5.83. The molecule has 4 aromatic rings. The zero-order valence-electron chi connectivity index (χ0n) is 14.8. The number of halogens is 1. The number of carbonyl (C=O) groups excluding carboxylic acids is 1. The smallest absolute Gasteiger partial charge is 0.249 e. The van der Waals surface area contributed by atoms with Gasteiger partial charge in [0.15, 0.2) is 10.8 Å². The van der Waals surface area contributed by atoms with Crippen molar-refractivity contribution in [2.45, 2.75) is 5.16 Å². The van der Waals surface area contributed by atoms with E-state index in [9.17, 15) is 9.18 Å². The fourth-order valence-corrected chi connectivity index (χ4v) is 3.17. The summed E-state index contributed by atoms with van der Waals surface area (Å²) in [6.45, 7) is 0. The van der Waals surface area contributed by atoms with Crippen molar-refractivity contribution in [1.82, 2.24) is 24.6 Å². The molecule has 0 unspecified atom stereocenters. The Kier molecular flexibility index (Phi) is 5.13. The monoisotopic (exact) mass is 405 g/mol. The highest BCUT2D eigenvalue weighted by Gasteiger charge is 2.12. The van der Waals surface area contributed by atoms with Crippen molar-refractivity contribution in [2.75, 3.05) is 11.1 Å². The van der Waals surface area contributed by atoms with Gasteiger partial charge in [0, 0.05) is 29.7 Å². The first kappa shape index (κ1) is 18.5. The molecule has 0 saturated carbocycles. The van der Waals surface area contributed by atoms with Crippen LogP contribution in [0.25, 0.3) is 16.8 Å². The van der Waals surface area contributed by atoms with Crippen LogP contribution in [0.2, 0.25) is 0 Å². The third-order valence-electron chi connectivity index (χ3n) is 3.86. The Morgan fingerprint density at radius 3 is 2.86 bits per heavy atom. The van der Waals surface area contributed by atoms with Gasteiger partial charge in [0.05, 0.1) is 17.4 Å². The van der Waals surface area contributed by atoms with Crippen molar-refractivity contribution in [2.24, 2.45) is 0 Å². The number of hydrogen-bond donors (Lipinski definition) is 1. The third kappa shape index (κ3) is 4.20. The van der Waals surface area contributed by atoms with Crippen LogP contribution in [0, 0.1) is 17.1 Å². The predicted molar refractivity (Wildman–Crippen MR) is 104 cm³/mol. The van der Waals surface area contributed by atoms with Gasteiger partial charge in [-0.3, -0.25) is 10.1 Å². The number of thioether (sulfide) groups is 1. The Balaban J connectivity index is 1.51. The minimum atomic E-state index is -0.447. The molecular weight excluding hydrogens is 393 g/mol. The Labute approximate surface area is 168 Å². The molecule has 29 heavy (non-hydrogen) atoms. The minimum Gasteiger partial charge on any atom is -0.292 e. The zero-order chi connectivity index (χ0) is 20.2. The van der Waals surface area contributed by atoms with E-state index in [1.165, 1.54) is 34.5 Å². The summed E-state index contributed by atoms with van der Waals surface area (Å²) in [5, 5.41) is 16.3. The SMILES string of the molecule is N#Cc1ccc(F)c(-c2ccc3nc(NC(=O)CSc4ncccn4)nn3c2)c1. The molecular formula is C19H12FN7OS. The van der Waals surface area contributed by atoms with Crippen LogP contribution in [0.3, 0.4) is 0 Å². The molecule has 3 heterocycles. The van der Waals surface area contributed by atoms with Gasteiger partial charge in [0.1, 0.15) is 5.82 Å². The third-order valence-corrected chi connectivity index (χ3v) is 4.74. The summed E-state index contributed by atoms with van der Waals surface area (Å²) in [7, 11) is 0. The van der Waals surface area contributed by atoms with E-state index in [1.807, 2.05) is 6.07 Å². The number of fused-ring (bicyclic) bond motifs is 1. The number of rotatable bonds is 5. The molecule has 0 aliphatic carbocycles. The number of anilines is 1. The maximum Gasteiger partial charge on any atom is 0.249 e. The number of pyridine rings is 1. The first-order valence-electron chi connectivity index (χ1n) is 8.38. The van der Waals surface area contributed by atoms with Gasteiger partial charge in [-0.15, -0.1) is 5.10 Å². The standard InChI is InChI=1S/C19H12FN7OS/c20-15-4-2-12(9-21)8-14(15)13-3-5-16-24-18(26-27(16)10-13)25-17(28)11-29-19-22-6-1-7-23-19/h1-8,10H,11H2,(H,25,26,28). The summed E-state index contributed by atoms with van der Waals surface area (Å²) in [4.78, 5) is 24.4. The Morgan fingerprint density at radius 2 is 2.07 bits per heavy atom. The fourth-order valence-electron chi connectivity index (χ4n) is 2.56. The highest BCUT2D eigenvalue weighted by atomic mass is 32.2. The van der Waals surface area contributed by atoms with Gasteiger partial charge in [-0.1, -0.05) is 11.8 Å². The number of amides is 1. The van der Waals surface area contributed by atoms with Crippen LogP contribution in [0.4, 0.5) is 10.3 Å². The molecule has 0 saturated heterocycles. The lowest BCUT2D eigenvalue weighted by Crippen LogP contribution is -2.15. The van der Waals surface area contributed by atoms with E-state index in [0.29, 0.717) is 21.9 Å². The van der Waals surface area contributed by atoms with E-state index in [2.05, 4.69) is 25.4 Å². The lowest BCUT2D eigenvalue weighted by atomic mass is 10.0. The molecule has 0 aliphatic heterocycles. The van der Waals surface area contributed by atoms with Gasteiger partial charge in [-0.25, -0.2) is 18.9 Å². The normalized spacial score (nSPS) is 10.6. The van der Waals surface area contributed by atoms with Gasteiger partial charge >= 0.3 is 0 Å². The molecule has 3 aromatic heterocycles. The van der Waals surface area contributed by atoms with E-state index in [4.69, 9.17) is 5.26 Å². The second-order valence-corrected chi connectivity index (χ2v) is 6.77. The molecule has 0 spiro atoms. The maximum absolute atomic E-state index is 14.2. The lowest BCUT2D eigenvalue weighted by Gasteiger charge is -2.04. The highest BCUT2D eigenvalue weighted by molar-refractivity contribution is 7.99. The first-order valence-corrected chi connectivity index (χ1v) is 9.37. The van der Waals surface area contributed by atoms with Crippen molar-refractivity contribution >= 4 is 29.3 Å². The van der Waals surface area contributed by atoms with Crippen molar-refractivity contribution < 1.29 is 9.18 Å². The van der Waals surface area contributed by atoms with Crippen LogP contribution in [0.5, 0.6) is 0 Å². The number of hydrogen-bond acceptors (Lipinski definition) is 7. The van der Waals surface area contributed by atoms with Crippen LogP contribution < -0.4 is 5.32 Å². The molecule has 0 radical (unpaired) electrons. The summed E-state index contributed by atoms with van der Waals surface area (Å²) >= 11 is 1.19. The van der Waals surface area contributed by atoms with Gasteiger partial charge in [0.25, 0.3) is 0 Å². The van der Waals surface area contributed by atoms with Crippen molar-refractivity contribution in [3.8, 4) is 17.2 Å². The first-order chi connectivity index (χ1) is 14.1. The Hall–Kier alpha value is -3.84. The number of nitrogens with one attached hydrogen (secondary N) is 1. The number of carbonyl (C=O) groups is 1. The zero-order valence-corrected chi connectivity index (χ0v) is 15.6. The Morgan fingerprint density at radius 1 is 1.24 bits per heavy atom. The molecule has 0 aliphatic rings. The maximum atomic E-state index is 14.2. The minimum absolute atomic E-state index is 0.108. The molecule has 0 bridgehead atoms. The summed E-state index contributed by atoms with van der Waals surface area (Å²) in [5.74, 6) is -0.506. The molecule has 1 N–H and O–H groups in total. The largest absolute Gasteiger partial charge is 0.292 e. The van der Waals surface area contributed by atoms with Crippen molar-refractivity contribution in [1.29, 1.82) is 5.26 Å². The number of nitrogens with zero attached hydrogens (tertiary/aromatic N) is 6. The summed E-state index contributed by atoms with van der Waals surface area (Å²) in [6, 6.07) is 11.2. The fraction of sp³-hybridized carbons (Fsp3) is 0.0526. The average Bonchev–Trinajstić information content (AvgIpc) is 3.14. The number of nitriles is 1. The number of aromatic nitrogens is 5. The molecule has 1 amide bonds. The van der Waals surface area contributed by atoms with Crippen LogP contribution in [-0.4, -0.2) is 36.2 Å². The van der Waals surface area contributed by atoms with Gasteiger partial charge < -0.3 is 0 Å². The molecule has 0 atom stereocenters. The van der Waals surface area contributed by atoms with Crippen molar-refractivity contribution in [3.05, 3.63) is 66.4 Å². The van der Waals surface area contributed by atoms with Gasteiger partial charge in [-0.2, -0.15) is 10.2 Å². The summed E-state index contributed by atoms with van der Waals surface area (Å²) in [5.41, 5.74) is 1.66. The average molecular weight is 405 g/mol. The van der Waals surface area contributed by atoms with E-state index in [1.54, 1.807) is 36.8 Å². The molecule has 4 rings (SSSR count). The topological polar surface area (TPSA) is 109 Å². The number of benzene rings is 1. The van der Waals surface area contributed by atoms with Crippen LogP contribution in [-0.2, 0) is 4.79 Å². The van der Waals surface area contributed by atoms with Crippen LogP contribution in [0.1, 0.15) is 5.56 Å². The van der Waals surface area contributed by atoms with Crippen LogP contribution in [0.15, 0.2) is 60.1 Å². The molecule has 142 valence electrons. The van der Waals surface area contributed by atoms with Gasteiger partial charge in [-0.05, 0) is 36.4 Å². The van der Waals surface area contributed by atoms with E-state index < -0.39 is 5.82 Å². The quantitative estimate of drug-likeness (QED) is 0.402. The molecule has 10 heteroatoms. The van der Waals surface area contributed by atoms with E-state index in [0.717, 1.165) is 0 Å². The predicted octanol–water partition coefficient (Wildman–Crippen LogP) is 2.93. The van der Waals surface area contributed by atoms with Crippen LogP contribution >= 0.6 is 11.8 Å². The van der Waals surface area contributed by atoms with Gasteiger partial charge in [0.2, 0.25) is 11.9 Å². The van der Waals surface area contributed by atoms with E-state index >= 15 is 0 Å². The lowest BCUT2D eigenvalue weighted by molar-refractivity contribution is -0.113. The second kappa shape index (κ2) is 8.04.